The molecule has 1 amide bonds. The van der Waals surface area contributed by atoms with Gasteiger partial charge < -0.3 is 10.0 Å². The van der Waals surface area contributed by atoms with Crippen LogP contribution in [0.4, 0.5) is 0 Å². The Morgan fingerprint density at radius 1 is 1.25 bits per heavy atom. The van der Waals surface area contributed by atoms with Gasteiger partial charge in [0, 0.05) is 33.1 Å². The minimum absolute atomic E-state index is 0.143. The number of hydrogen-bond acceptors (Lipinski definition) is 7. The minimum atomic E-state index is -3.44. The number of rotatable bonds is 6. The zero-order valence-corrected chi connectivity index (χ0v) is 16.9. The summed E-state index contributed by atoms with van der Waals surface area (Å²) in [6, 6.07) is 7.32. The van der Waals surface area contributed by atoms with E-state index in [2.05, 4.69) is 15.5 Å². The summed E-state index contributed by atoms with van der Waals surface area (Å²) in [6.45, 7) is 2.17. The fourth-order valence-electron chi connectivity index (χ4n) is 3.15. The van der Waals surface area contributed by atoms with E-state index in [1.54, 1.807) is 11.6 Å². The Balaban J connectivity index is 1.61. The molecule has 2 heterocycles. The summed E-state index contributed by atoms with van der Waals surface area (Å²) < 4.78 is 26.8. The molecule has 1 aromatic carbocycles. The maximum absolute atomic E-state index is 12.6. The Hall–Kier alpha value is -2.37. The van der Waals surface area contributed by atoms with Gasteiger partial charge >= 0.3 is 0 Å². The number of sulfonamides is 1. The summed E-state index contributed by atoms with van der Waals surface area (Å²) in [7, 11) is -0.519. The van der Waals surface area contributed by atoms with E-state index in [-0.39, 0.29) is 31.2 Å². The van der Waals surface area contributed by atoms with Crippen LogP contribution in [0.25, 0.3) is 5.69 Å². The average molecular weight is 408 g/mol. The summed E-state index contributed by atoms with van der Waals surface area (Å²) in [5.74, 6) is -0.143. The molecule has 1 aliphatic rings. The van der Waals surface area contributed by atoms with Crippen LogP contribution in [0.3, 0.4) is 0 Å². The summed E-state index contributed by atoms with van der Waals surface area (Å²) in [6.07, 6.45) is -0.668. The predicted octanol–water partition coefficient (Wildman–Crippen LogP) is -0.776. The lowest BCUT2D eigenvalue weighted by molar-refractivity contribution is -0.129. The van der Waals surface area contributed by atoms with Crippen molar-refractivity contribution in [2.24, 2.45) is 5.92 Å². The molecule has 3 rings (SSSR count). The highest BCUT2D eigenvalue weighted by atomic mass is 32.2. The number of β-amino-alcohol motifs (C(OH)–C–C–N with tert-alkyl or cyclic N) is 1. The monoisotopic (exact) mass is 408 g/mol. The Bertz CT molecular complexity index is 941. The smallest absolute Gasteiger partial charge is 0.227 e. The van der Waals surface area contributed by atoms with Crippen molar-refractivity contribution in [1.82, 2.24) is 29.4 Å². The number of amides is 1. The highest BCUT2D eigenvalue weighted by molar-refractivity contribution is 7.89. The van der Waals surface area contributed by atoms with Crippen molar-refractivity contribution < 1.29 is 18.3 Å². The van der Waals surface area contributed by atoms with Gasteiger partial charge in [0.1, 0.15) is 0 Å². The van der Waals surface area contributed by atoms with Crippen molar-refractivity contribution in [2.75, 3.05) is 32.9 Å². The van der Waals surface area contributed by atoms with Gasteiger partial charge in [-0.3, -0.25) is 4.79 Å². The van der Waals surface area contributed by atoms with E-state index >= 15 is 0 Å². The van der Waals surface area contributed by atoms with Crippen LogP contribution < -0.4 is 0 Å². The summed E-state index contributed by atoms with van der Waals surface area (Å²) in [4.78, 5) is 14.1. The number of carbonyl (C=O) groups is 1. The number of aromatic nitrogens is 4. The molecule has 1 aromatic heterocycles. The van der Waals surface area contributed by atoms with E-state index < -0.39 is 22.0 Å². The third-order valence-electron chi connectivity index (χ3n) is 4.90. The molecule has 2 aromatic rings. The summed E-state index contributed by atoms with van der Waals surface area (Å²) >= 11 is 0. The second-order valence-corrected chi connectivity index (χ2v) is 9.40. The molecule has 2 atom stereocenters. The van der Waals surface area contributed by atoms with Gasteiger partial charge in [-0.25, -0.2) is 12.7 Å². The van der Waals surface area contributed by atoms with E-state index in [0.29, 0.717) is 5.82 Å². The molecule has 152 valence electrons. The summed E-state index contributed by atoms with van der Waals surface area (Å²) in [5.41, 5.74) is 1.61. The van der Waals surface area contributed by atoms with Crippen LogP contribution in [0, 0.1) is 12.8 Å². The third kappa shape index (κ3) is 4.37. The highest BCUT2D eigenvalue weighted by Gasteiger charge is 2.37. The van der Waals surface area contributed by atoms with Gasteiger partial charge in [-0.05, 0) is 35.0 Å². The van der Waals surface area contributed by atoms with Crippen LogP contribution in [0.2, 0.25) is 0 Å². The van der Waals surface area contributed by atoms with E-state index in [1.165, 1.54) is 19.0 Å². The third-order valence-corrected chi connectivity index (χ3v) is 6.86. The Labute approximate surface area is 163 Å². The topological polar surface area (TPSA) is 122 Å². The van der Waals surface area contributed by atoms with Gasteiger partial charge in [-0.2, -0.15) is 4.68 Å². The number of likely N-dealkylation sites (tertiary alicyclic amines) is 1. The zero-order valence-electron chi connectivity index (χ0n) is 16.1. The van der Waals surface area contributed by atoms with Crippen molar-refractivity contribution in [2.45, 2.75) is 19.4 Å². The number of aliphatic hydroxyl groups is 1. The molecule has 0 radical (unpaired) electrons. The van der Waals surface area contributed by atoms with Gasteiger partial charge in [0.15, 0.2) is 5.82 Å². The molecule has 10 nitrogen and oxygen atoms in total. The number of benzene rings is 1. The normalized spacial score (nSPS) is 20.1. The van der Waals surface area contributed by atoms with E-state index in [9.17, 15) is 18.3 Å². The number of aryl methyl sites for hydroxylation is 1. The van der Waals surface area contributed by atoms with Crippen molar-refractivity contribution in [1.29, 1.82) is 0 Å². The number of aliphatic hydroxyl groups excluding tert-OH is 1. The fourth-order valence-corrected chi connectivity index (χ4v) is 4.32. The largest absolute Gasteiger partial charge is 0.391 e. The van der Waals surface area contributed by atoms with Crippen LogP contribution in [-0.2, 0) is 21.2 Å². The van der Waals surface area contributed by atoms with Crippen LogP contribution in [0.1, 0.15) is 11.4 Å². The Kier molecular flexibility index (Phi) is 5.77. The van der Waals surface area contributed by atoms with Crippen molar-refractivity contribution in [3.63, 3.8) is 0 Å². The lowest BCUT2D eigenvalue weighted by atomic mass is 10.1. The quantitative estimate of drug-likeness (QED) is 0.666. The molecule has 1 aliphatic heterocycles. The molecule has 0 unspecified atom stereocenters. The number of hydrogen-bond donors (Lipinski definition) is 1. The Morgan fingerprint density at radius 2 is 1.93 bits per heavy atom. The van der Waals surface area contributed by atoms with Crippen molar-refractivity contribution in [3.8, 4) is 5.69 Å². The molecule has 0 aliphatic carbocycles. The molecule has 0 spiro atoms. The molecule has 11 heteroatoms. The summed E-state index contributed by atoms with van der Waals surface area (Å²) in [5, 5.41) is 21.5. The van der Waals surface area contributed by atoms with E-state index in [4.69, 9.17) is 0 Å². The van der Waals surface area contributed by atoms with Gasteiger partial charge in [0.25, 0.3) is 0 Å². The first kappa shape index (κ1) is 20.4. The predicted molar refractivity (Wildman–Crippen MR) is 101 cm³/mol. The first-order chi connectivity index (χ1) is 13.2. The van der Waals surface area contributed by atoms with Crippen molar-refractivity contribution in [3.05, 3.63) is 35.7 Å². The van der Waals surface area contributed by atoms with E-state index in [0.717, 1.165) is 15.6 Å². The van der Waals surface area contributed by atoms with Crippen LogP contribution in [0.5, 0.6) is 0 Å². The van der Waals surface area contributed by atoms with Crippen molar-refractivity contribution >= 4 is 15.9 Å². The highest BCUT2D eigenvalue weighted by Crippen LogP contribution is 2.21. The van der Waals surface area contributed by atoms with Gasteiger partial charge in [-0.1, -0.05) is 12.1 Å². The molecular weight excluding hydrogens is 384 g/mol. The number of tetrazole rings is 1. The zero-order chi connectivity index (χ0) is 20.5. The van der Waals surface area contributed by atoms with Crippen LogP contribution in [0.15, 0.2) is 24.3 Å². The van der Waals surface area contributed by atoms with Gasteiger partial charge in [0.05, 0.1) is 24.0 Å². The molecule has 1 saturated heterocycles. The molecular formula is C17H24N6O4S. The standard InChI is InChI=1S/C17H24N6O4S/c1-12-18-19-20-23(12)15-6-4-13(5-7-15)8-17(25)22-9-14(16(24)10-22)11-28(26,27)21(2)3/h4-7,14,16,24H,8-11H2,1-3H3/t14-,16+/m0/s1. The maximum Gasteiger partial charge on any atom is 0.227 e. The SMILES string of the molecule is Cc1nnnn1-c1ccc(CC(=O)N2C[C@@H](CS(=O)(=O)N(C)C)[C@H](O)C2)cc1. The number of carbonyl (C=O) groups excluding carboxylic acids is 1. The second kappa shape index (κ2) is 7.94. The van der Waals surface area contributed by atoms with Gasteiger partial charge in [-0.15, -0.1) is 5.10 Å². The van der Waals surface area contributed by atoms with E-state index in [1.807, 2.05) is 24.3 Å². The minimum Gasteiger partial charge on any atom is -0.391 e. The lowest BCUT2D eigenvalue weighted by Crippen LogP contribution is -2.34. The first-order valence-electron chi connectivity index (χ1n) is 8.87. The molecule has 28 heavy (non-hydrogen) atoms. The fraction of sp³-hybridized carbons (Fsp3) is 0.529. The maximum atomic E-state index is 12.6. The average Bonchev–Trinajstić information content (AvgIpc) is 3.21. The van der Waals surface area contributed by atoms with Crippen LogP contribution in [-0.4, -0.2) is 87.9 Å². The number of nitrogens with zero attached hydrogens (tertiary/aromatic N) is 6. The second-order valence-electron chi connectivity index (χ2n) is 7.17. The van der Waals surface area contributed by atoms with Gasteiger partial charge in [0.2, 0.25) is 15.9 Å². The Morgan fingerprint density at radius 3 is 2.50 bits per heavy atom. The lowest BCUT2D eigenvalue weighted by Gasteiger charge is -2.18. The first-order valence-corrected chi connectivity index (χ1v) is 10.5. The molecule has 1 N–H and O–H groups in total. The van der Waals surface area contributed by atoms with Crippen LogP contribution >= 0.6 is 0 Å². The molecule has 0 bridgehead atoms. The molecule has 1 fully saturated rings. The molecule has 0 saturated carbocycles.